The van der Waals surface area contributed by atoms with Crippen LogP contribution in [0.3, 0.4) is 0 Å². The van der Waals surface area contributed by atoms with E-state index >= 15 is 0 Å². The summed E-state index contributed by atoms with van der Waals surface area (Å²) >= 11 is 1.35. The maximum absolute atomic E-state index is 12.1. The number of nitrogens with one attached hydrogen (secondary N) is 2. The number of aromatic hydroxyl groups is 1. The molecule has 1 aromatic carbocycles. The Hall–Kier alpha value is -3.18. The summed E-state index contributed by atoms with van der Waals surface area (Å²) in [6.07, 6.45) is 5.04. The van der Waals surface area contributed by atoms with Crippen LogP contribution < -0.4 is 10.7 Å². The number of aryl methyl sites for hydroxylation is 1. The van der Waals surface area contributed by atoms with E-state index in [0.717, 1.165) is 36.1 Å². The van der Waals surface area contributed by atoms with Gasteiger partial charge in [-0.3, -0.25) is 9.59 Å². The molecular weight excluding hydrogens is 352 g/mol. The highest BCUT2D eigenvalue weighted by molar-refractivity contribution is 7.16. The zero-order valence-corrected chi connectivity index (χ0v) is 14.6. The van der Waals surface area contributed by atoms with Gasteiger partial charge in [0.2, 0.25) is 0 Å². The van der Waals surface area contributed by atoms with Crippen molar-refractivity contribution in [1.29, 1.82) is 5.26 Å². The van der Waals surface area contributed by atoms with Crippen molar-refractivity contribution in [3.8, 4) is 11.8 Å². The molecule has 0 saturated heterocycles. The molecule has 0 saturated carbocycles. The van der Waals surface area contributed by atoms with Crippen LogP contribution in [0, 0.1) is 11.3 Å². The predicted molar refractivity (Wildman–Crippen MR) is 98.1 cm³/mol. The lowest BCUT2D eigenvalue weighted by Gasteiger charge is -2.09. The van der Waals surface area contributed by atoms with Gasteiger partial charge >= 0.3 is 11.8 Å². The van der Waals surface area contributed by atoms with E-state index in [1.165, 1.54) is 23.6 Å². The summed E-state index contributed by atoms with van der Waals surface area (Å²) in [4.78, 5) is 25.0. The Morgan fingerprint density at radius 1 is 1.23 bits per heavy atom. The van der Waals surface area contributed by atoms with Crippen molar-refractivity contribution in [2.75, 3.05) is 5.32 Å². The summed E-state index contributed by atoms with van der Waals surface area (Å²) in [5.41, 5.74) is 3.95. The van der Waals surface area contributed by atoms with Crippen molar-refractivity contribution >= 4 is 34.4 Å². The van der Waals surface area contributed by atoms with Crippen LogP contribution in [0.15, 0.2) is 29.4 Å². The van der Waals surface area contributed by atoms with Crippen molar-refractivity contribution in [2.24, 2.45) is 5.10 Å². The van der Waals surface area contributed by atoms with Crippen LogP contribution in [0.5, 0.6) is 5.75 Å². The van der Waals surface area contributed by atoms with Crippen molar-refractivity contribution < 1.29 is 14.7 Å². The smallest absolute Gasteiger partial charge is 0.329 e. The summed E-state index contributed by atoms with van der Waals surface area (Å²) in [7, 11) is 0. The maximum Gasteiger partial charge on any atom is 0.329 e. The number of para-hydroxylation sites is 1. The van der Waals surface area contributed by atoms with Gasteiger partial charge in [-0.25, -0.2) is 5.43 Å². The fourth-order valence-electron chi connectivity index (χ4n) is 2.74. The molecule has 26 heavy (non-hydrogen) atoms. The van der Waals surface area contributed by atoms with Crippen molar-refractivity contribution in [3.63, 3.8) is 0 Å². The van der Waals surface area contributed by atoms with E-state index < -0.39 is 11.8 Å². The second-order valence-corrected chi connectivity index (χ2v) is 6.84. The third-order valence-corrected chi connectivity index (χ3v) is 5.23. The van der Waals surface area contributed by atoms with E-state index in [4.69, 9.17) is 0 Å². The molecule has 1 aromatic heterocycles. The van der Waals surface area contributed by atoms with E-state index in [2.05, 4.69) is 21.9 Å². The molecule has 2 aromatic rings. The van der Waals surface area contributed by atoms with Gasteiger partial charge in [-0.05, 0) is 43.4 Å². The number of fused-ring (bicyclic) bond motifs is 1. The Bertz CT molecular complexity index is 927. The summed E-state index contributed by atoms with van der Waals surface area (Å²) in [6, 6.07) is 8.59. The molecular formula is C18H16N4O3S. The lowest BCUT2D eigenvalue weighted by molar-refractivity contribution is -0.136. The summed E-state index contributed by atoms with van der Waals surface area (Å²) in [5.74, 6) is -1.83. The number of nitriles is 1. The van der Waals surface area contributed by atoms with Gasteiger partial charge in [-0.1, -0.05) is 12.1 Å². The minimum Gasteiger partial charge on any atom is -0.507 e. The van der Waals surface area contributed by atoms with Crippen LogP contribution in [0.25, 0.3) is 0 Å². The Morgan fingerprint density at radius 2 is 2.00 bits per heavy atom. The summed E-state index contributed by atoms with van der Waals surface area (Å²) < 4.78 is 0. The number of phenols is 1. The molecule has 0 aliphatic heterocycles. The average Bonchev–Trinajstić information content (AvgIpc) is 3.00. The highest BCUT2D eigenvalue weighted by atomic mass is 32.1. The number of thiophene rings is 1. The van der Waals surface area contributed by atoms with Gasteiger partial charge < -0.3 is 10.4 Å². The average molecular weight is 368 g/mol. The minimum absolute atomic E-state index is 0.0118. The van der Waals surface area contributed by atoms with Crippen LogP contribution in [0.1, 0.15) is 34.4 Å². The first-order chi connectivity index (χ1) is 12.6. The Labute approximate surface area is 154 Å². The maximum atomic E-state index is 12.1. The number of benzene rings is 1. The van der Waals surface area contributed by atoms with Gasteiger partial charge in [0.05, 0.1) is 11.8 Å². The predicted octanol–water partition coefficient (Wildman–Crippen LogP) is 2.29. The van der Waals surface area contributed by atoms with Crippen molar-refractivity contribution in [2.45, 2.75) is 25.7 Å². The monoisotopic (exact) mass is 368 g/mol. The molecule has 132 valence electrons. The molecule has 0 spiro atoms. The lowest BCUT2D eigenvalue weighted by Crippen LogP contribution is -2.32. The number of anilines is 1. The molecule has 3 rings (SSSR count). The first kappa shape index (κ1) is 17.6. The second-order valence-electron chi connectivity index (χ2n) is 5.74. The summed E-state index contributed by atoms with van der Waals surface area (Å²) in [5, 5.41) is 25.5. The molecule has 1 aliphatic carbocycles. The molecule has 8 heteroatoms. The molecule has 1 aliphatic rings. The fraction of sp³-hybridized carbons (Fsp3) is 0.222. The number of phenolic OH excluding ortho intramolecular Hbond substituents is 1. The number of nitrogens with zero attached hydrogens (tertiary/aromatic N) is 2. The number of carbonyl (C=O) groups is 2. The minimum atomic E-state index is -0.952. The van der Waals surface area contributed by atoms with Gasteiger partial charge in [-0.2, -0.15) is 10.4 Å². The van der Waals surface area contributed by atoms with E-state index in [1.807, 2.05) is 0 Å². The number of amides is 2. The van der Waals surface area contributed by atoms with Gasteiger partial charge in [0.25, 0.3) is 0 Å². The van der Waals surface area contributed by atoms with Crippen LogP contribution in [-0.4, -0.2) is 23.1 Å². The highest BCUT2D eigenvalue weighted by Gasteiger charge is 2.23. The number of carbonyl (C=O) groups excluding carboxylic acids is 2. The summed E-state index contributed by atoms with van der Waals surface area (Å²) in [6.45, 7) is 0. The number of hydrogen-bond acceptors (Lipinski definition) is 6. The topological polar surface area (TPSA) is 115 Å². The highest BCUT2D eigenvalue weighted by Crippen LogP contribution is 2.37. The first-order valence-corrected chi connectivity index (χ1v) is 8.89. The van der Waals surface area contributed by atoms with E-state index in [1.54, 1.807) is 18.2 Å². The second kappa shape index (κ2) is 7.80. The molecule has 2 amide bonds. The molecule has 0 bridgehead atoms. The van der Waals surface area contributed by atoms with Crippen molar-refractivity contribution in [1.82, 2.24) is 5.43 Å². The van der Waals surface area contributed by atoms with E-state index in [9.17, 15) is 20.0 Å². The number of hydrazone groups is 1. The van der Waals surface area contributed by atoms with Crippen LogP contribution in [-0.2, 0) is 22.4 Å². The third-order valence-electron chi connectivity index (χ3n) is 4.02. The third kappa shape index (κ3) is 3.73. The van der Waals surface area contributed by atoms with Gasteiger partial charge in [-0.15, -0.1) is 11.3 Å². The fourth-order valence-corrected chi connectivity index (χ4v) is 3.97. The molecule has 7 nitrogen and oxygen atoms in total. The zero-order valence-electron chi connectivity index (χ0n) is 13.8. The molecule has 0 unspecified atom stereocenters. The first-order valence-electron chi connectivity index (χ1n) is 8.07. The Balaban J connectivity index is 1.65. The molecule has 1 heterocycles. The molecule has 3 N–H and O–H groups in total. The van der Waals surface area contributed by atoms with Crippen LogP contribution in [0.2, 0.25) is 0 Å². The van der Waals surface area contributed by atoms with Gasteiger partial charge in [0, 0.05) is 10.4 Å². The quantitative estimate of drug-likeness (QED) is 0.438. The number of rotatable bonds is 3. The molecule has 0 radical (unpaired) electrons. The Morgan fingerprint density at radius 3 is 2.77 bits per heavy atom. The van der Waals surface area contributed by atoms with Gasteiger partial charge in [0.15, 0.2) is 0 Å². The van der Waals surface area contributed by atoms with Crippen molar-refractivity contribution in [3.05, 3.63) is 45.8 Å². The van der Waals surface area contributed by atoms with Crippen LogP contribution >= 0.6 is 11.3 Å². The van der Waals surface area contributed by atoms with E-state index in [-0.39, 0.29) is 5.75 Å². The van der Waals surface area contributed by atoms with E-state index in [0.29, 0.717) is 16.1 Å². The van der Waals surface area contributed by atoms with Gasteiger partial charge in [0.1, 0.15) is 16.8 Å². The normalized spacial score (nSPS) is 13.0. The SMILES string of the molecule is N#Cc1c(NC(=O)C(=O)NN=Cc2ccccc2O)sc2c1CCCC2. The molecule has 0 atom stereocenters. The lowest BCUT2D eigenvalue weighted by atomic mass is 9.96. The standard InChI is InChI=1S/C18H16N4O3S/c19-9-13-12-6-2-4-8-15(12)26-18(13)21-16(24)17(25)22-20-10-11-5-1-3-7-14(11)23/h1,3,5,7,10,23H,2,4,6,8H2,(H,21,24)(H,22,25). The largest absolute Gasteiger partial charge is 0.507 e. The van der Waals surface area contributed by atoms with Crippen LogP contribution in [0.4, 0.5) is 5.00 Å². The Kier molecular flexibility index (Phi) is 5.29. The zero-order chi connectivity index (χ0) is 18.5. The molecule has 0 fully saturated rings. The number of hydrogen-bond donors (Lipinski definition) is 3.